The Balaban J connectivity index is 2.77. The molecule has 1 aromatic carbocycles. The molecule has 0 saturated carbocycles. The monoisotopic (exact) mass is 249 g/mol. The minimum absolute atomic E-state index is 0.182. The first kappa shape index (κ1) is 13.9. The zero-order valence-electron chi connectivity index (χ0n) is 10.4. The van der Waals surface area contributed by atoms with Crippen LogP contribution in [0.5, 0.6) is 0 Å². The normalized spacial score (nSPS) is 11.9. The Labute approximate surface area is 107 Å². The van der Waals surface area contributed by atoms with Crippen LogP contribution in [0.2, 0.25) is 0 Å². The van der Waals surface area contributed by atoms with Gasteiger partial charge in [0.05, 0.1) is 11.3 Å². The average molecular weight is 249 g/mol. The molecule has 0 aliphatic heterocycles. The van der Waals surface area contributed by atoms with E-state index in [1.165, 1.54) is 0 Å². The van der Waals surface area contributed by atoms with Gasteiger partial charge in [-0.15, -0.1) is 11.8 Å². The maximum absolute atomic E-state index is 9.21. The highest BCUT2D eigenvalue weighted by Gasteiger charge is 2.07. The lowest BCUT2D eigenvalue weighted by Crippen LogP contribution is -2.19. The number of anilines is 1. The summed E-state index contributed by atoms with van der Waals surface area (Å²) in [6.45, 7) is 4.87. The highest BCUT2D eigenvalue weighted by Crippen LogP contribution is 2.27. The minimum atomic E-state index is 0.182. The van der Waals surface area contributed by atoms with Gasteiger partial charge in [0.2, 0.25) is 0 Å². The Kier molecular flexibility index (Phi) is 5.88. The molecular weight excluding hydrogens is 230 g/mol. The van der Waals surface area contributed by atoms with Crippen LogP contribution in [0.1, 0.15) is 25.8 Å². The van der Waals surface area contributed by atoms with Gasteiger partial charge in [-0.25, -0.2) is 0 Å². The zero-order valence-corrected chi connectivity index (χ0v) is 11.2. The van der Waals surface area contributed by atoms with Crippen LogP contribution in [0.15, 0.2) is 23.1 Å². The molecule has 0 aliphatic rings. The molecule has 1 rings (SSSR count). The number of nitriles is 1. The van der Waals surface area contributed by atoms with E-state index in [0.29, 0.717) is 0 Å². The van der Waals surface area contributed by atoms with Crippen molar-refractivity contribution < 1.29 is 0 Å². The number of nitrogens with two attached hydrogens (primary N) is 1. The van der Waals surface area contributed by atoms with E-state index in [1.807, 2.05) is 25.1 Å². The van der Waals surface area contributed by atoms with Crippen molar-refractivity contribution in [2.45, 2.75) is 31.2 Å². The number of hydrogen-bond donors (Lipinski definition) is 2. The summed E-state index contributed by atoms with van der Waals surface area (Å²) in [4.78, 5) is 1.04. The van der Waals surface area contributed by atoms with Crippen molar-refractivity contribution in [1.29, 1.82) is 5.26 Å². The second-order valence-corrected chi connectivity index (χ2v) is 5.22. The molecule has 0 bridgehead atoms. The van der Waals surface area contributed by atoms with E-state index in [2.05, 4.69) is 18.3 Å². The third kappa shape index (κ3) is 4.29. The number of nitrogens with one attached hydrogen (secondary N) is 1. The molecule has 0 aliphatic carbocycles. The van der Waals surface area contributed by atoms with Gasteiger partial charge in [0, 0.05) is 17.5 Å². The molecule has 1 atom stereocenters. The van der Waals surface area contributed by atoms with Crippen molar-refractivity contribution >= 4 is 17.4 Å². The highest BCUT2D eigenvalue weighted by molar-refractivity contribution is 7.99. The van der Waals surface area contributed by atoms with Crippen molar-refractivity contribution in [3.8, 4) is 6.07 Å². The summed E-state index contributed by atoms with van der Waals surface area (Å²) in [5.74, 6) is 0.970. The van der Waals surface area contributed by atoms with Crippen LogP contribution in [0.25, 0.3) is 0 Å². The molecule has 0 heterocycles. The van der Waals surface area contributed by atoms with E-state index in [1.54, 1.807) is 11.8 Å². The summed E-state index contributed by atoms with van der Waals surface area (Å²) in [5.41, 5.74) is 7.34. The summed E-state index contributed by atoms with van der Waals surface area (Å²) < 4.78 is 0. The van der Waals surface area contributed by atoms with Gasteiger partial charge in [0.25, 0.3) is 0 Å². The van der Waals surface area contributed by atoms with E-state index in [-0.39, 0.29) is 6.04 Å². The van der Waals surface area contributed by atoms with Crippen LogP contribution >= 0.6 is 11.8 Å². The van der Waals surface area contributed by atoms with Gasteiger partial charge in [-0.2, -0.15) is 5.26 Å². The Hall–Kier alpha value is -1.18. The van der Waals surface area contributed by atoms with Gasteiger partial charge in [-0.1, -0.05) is 13.0 Å². The lowest BCUT2D eigenvalue weighted by molar-refractivity contribution is 0.690. The third-order valence-corrected chi connectivity index (χ3v) is 3.29. The first-order valence-corrected chi connectivity index (χ1v) is 6.83. The molecule has 1 aromatic rings. The predicted molar refractivity (Wildman–Crippen MR) is 74.3 cm³/mol. The van der Waals surface area contributed by atoms with Crippen molar-refractivity contribution in [1.82, 2.24) is 0 Å². The average Bonchev–Trinajstić information content (AvgIpc) is 2.29. The quantitative estimate of drug-likeness (QED) is 0.761. The Morgan fingerprint density at radius 3 is 2.88 bits per heavy atom. The molecule has 3 nitrogen and oxygen atoms in total. The predicted octanol–water partition coefficient (Wildman–Crippen LogP) is 2.82. The molecule has 0 saturated heterocycles. The van der Waals surface area contributed by atoms with Gasteiger partial charge in [0.15, 0.2) is 0 Å². The fourth-order valence-electron chi connectivity index (χ4n) is 1.50. The van der Waals surface area contributed by atoms with Gasteiger partial charge < -0.3 is 11.1 Å². The van der Waals surface area contributed by atoms with Gasteiger partial charge >= 0.3 is 0 Å². The van der Waals surface area contributed by atoms with Crippen LogP contribution in [0.4, 0.5) is 5.69 Å². The van der Waals surface area contributed by atoms with Gasteiger partial charge in [0.1, 0.15) is 6.07 Å². The third-order valence-electron chi connectivity index (χ3n) is 2.35. The molecule has 0 fully saturated rings. The fourth-order valence-corrected chi connectivity index (χ4v) is 2.29. The molecule has 0 spiro atoms. The van der Waals surface area contributed by atoms with E-state index >= 15 is 0 Å². The molecule has 17 heavy (non-hydrogen) atoms. The summed E-state index contributed by atoms with van der Waals surface area (Å²) in [5, 5.41) is 12.5. The number of rotatable bonds is 6. The first-order valence-electron chi connectivity index (χ1n) is 5.84. The van der Waals surface area contributed by atoms with Crippen LogP contribution < -0.4 is 11.1 Å². The van der Waals surface area contributed by atoms with Crippen LogP contribution in [-0.4, -0.2) is 18.3 Å². The van der Waals surface area contributed by atoms with Crippen molar-refractivity contribution in [2.75, 3.05) is 17.6 Å². The first-order chi connectivity index (χ1) is 8.19. The summed E-state index contributed by atoms with van der Waals surface area (Å²) in [6.07, 6.45) is 0.899. The van der Waals surface area contributed by atoms with Gasteiger partial charge in [-0.3, -0.25) is 0 Å². The van der Waals surface area contributed by atoms with Crippen molar-refractivity contribution in [3.05, 3.63) is 23.8 Å². The number of benzene rings is 1. The molecule has 0 radical (unpaired) electrons. The molecule has 3 N–H and O–H groups in total. The smallest absolute Gasteiger partial charge is 0.102 e. The van der Waals surface area contributed by atoms with Crippen LogP contribution in [-0.2, 0) is 0 Å². The SMILES string of the molecule is CCSc1cccc(NCCC(C)N)c1C#N. The molecule has 4 heteroatoms. The van der Waals surface area contributed by atoms with E-state index < -0.39 is 0 Å². The Morgan fingerprint density at radius 2 is 2.29 bits per heavy atom. The van der Waals surface area contributed by atoms with E-state index in [0.717, 1.165) is 34.9 Å². The molecule has 0 aromatic heterocycles. The van der Waals surface area contributed by atoms with Crippen LogP contribution in [0, 0.1) is 11.3 Å². The minimum Gasteiger partial charge on any atom is -0.384 e. The molecule has 1 unspecified atom stereocenters. The maximum Gasteiger partial charge on any atom is 0.102 e. The zero-order chi connectivity index (χ0) is 12.7. The number of hydrogen-bond acceptors (Lipinski definition) is 4. The number of thioether (sulfide) groups is 1. The molecular formula is C13H19N3S. The fraction of sp³-hybridized carbons (Fsp3) is 0.462. The van der Waals surface area contributed by atoms with Crippen molar-refractivity contribution in [2.24, 2.45) is 5.73 Å². The largest absolute Gasteiger partial charge is 0.384 e. The topological polar surface area (TPSA) is 61.8 Å². The lowest BCUT2D eigenvalue weighted by atomic mass is 10.2. The van der Waals surface area contributed by atoms with E-state index in [9.17, 15) is 5.26 Å². The highest BCUT2D eigenvalue weighted by atomic mass is 32.2. The lowest BCUT2D eigenvalue weighted by Gasteiger charge is -2.12. The second-order valence-electron chi connectivity index (χ2n) is 3.92. The number of nitrogens with zero attached hydrogens (tertiary/aromatic N) is 1. The summed E-state index contributed by atoms with van der Waals surface area (Å²) in [7, 11) is 0. The molecule has 92 valence electrons. The van der Waals surface area contributed by atoms with Crippen LogP contribution in [0.3, 0.4) is 0 Å². The standard InChI is InChI=1S/C13H19N3S/c1-3-17-13-6-4-5-12(11(13)9-14)16-8-7-10(2)15/h4-6,10,16H,3,7-8,15H2,1-2H3. The van der Waals surface area contributed by atoms with Crippen molar-refractivity contribution in [3.63, 3.8) is 0 Å². The Bertz CT molecular complexity index is 396. The Morgan fingerprint density at radius 1 is 1.53 bits per heavy atom. The summed E-state index contributed by atoms with van der Waals surface area (Å²) in [6, 6.07) is 8.37. The maximum atomic E-state index is 9.21. The second kappa shape index (κ2) is 7.21. The van der Waals surface area contributed by atoms with E-state index in [4.69, 9.17) is 5.73 Å². The van der Waals surface area contributed by atoms with Gasteiger partial charge in [-0.05, 0) is 31.2 Å². The molecule has 0 amide bonds. The summed E-state index contributed by atoms with van der Waals surface area (Å²) >= 11 is 1.69.